The lowest BCUT2D eigenvalue weighted by atomic mass is 10.1. The highest BCUT2D eigenvalue weighted by molar-refractivity contribution is 6.01. The second-order valence-corrected chi connectivity index (χ2v) is 7.09. The van der Waals surface area contributed by atoms with Crippen molar-refractivity contribution in [3.8, 4) is 5.75 Å². The molecule has 156 valence electrons. The monoisotopic (exact) mass is 416 g/mol. The van der Waals surface area contributed by atoms with Gasteiger partial charge in [0.15, 0.2) is 6.61 Å². The maximum Gasteiger partial charge on any atom is 0.336 e. The maximum atomic E-state index is 12.8. The molecule has 4 rings (SSSR count). The molecular formula is C24H20N2O5. The molecule has 0 unspecified atom stereocenters. The van der Waals surface area contributed by atoms with E-state index < -0.39 is 5.63 Å². The average Bonchev–Trinajstić information content (AvgIpc) is 3.06. The molecule has 2 aromatic heterocycles. The Kier molecular flexibility index (Phi) is 5.41. The molecule has 0 radical (unpaired) electrons. The van der Waals surface area contributed by atoms with Crippen LogP contribution in [0.1, 0.15) is 32.1 Å². The van der Waals surface area contributed by atoms with E-state index in [1.165, 1.54) is 6.07 Å². The van der Waals surface area contributed by atoms with Gasteiger partial charge >= 0.3 is 5.63 Å². The quantitative estimate of drug-likeness (QED) is 0.381. The summed E-state index contributed by atoms with van der Waals surface area (Å²) in [6.45, 7) is 3.37. The van der Waals surface area contributed by atoms with Gasteiger partial charge in [-0.25, -0.2) is 4.79 Å². The number of rotatable bonds is 6. The number of amides is 1. The molecule has 0 aliphatic rings. The number of hydrogen-bond acceptors (Lipinski definition) is 5. The largest absolute Gasteiger partial charge is 0.485 e. The highest BCUT2D eigenvalue weighted by Gasteiger charge is 2.18. The topological polar surface area (TPSA) is 90.5 Å². The summed E-state index contributed by atoms with van der Waals surface area (Å²) < 4.78 is 12.3. The van der Waals surface area contributed by atoms with Gasteiger partial charge in [0.05, 0.1) is 0 Å². The number of fused-ring (bicyclic) bond motifs is 1. The molecule has 4 aromatic rings. The zero-order valence-corrected chi connectivity index (χ0v) is 17.0. The first kappa shape index (κ1) is 20.2. The lowest BCUT2D eigenvalue weighted by molar-refractivity contribution is 0.0919. The van der Waals surface area contributed by atoms with E-state index in [-0.39, 0.29) is 18.3 Å². The molecule has 0 spiro atoms. The normalized spacial score (nSPS) is 10.8. The smallest absolute Gasteiger partial charge is 0.336 e. The first-order chi connectivity index (χ1) is 14.9. The van der Waals surface area contributed by atoms with Crippen LogP contribution in [0, 0.1) is 13.8 Å². The Labute approximate surface area is 177 Å². The third kappa shape index (κ3) is 4.25. The van der Waals surface area contributed by atoms with Gasteiger partial charge in [0.1, 0.15) is 11.3 Å². The number of nitrogens with one attached hydrogen (secondary N) is 1. The number of carbonyl (C=O) groups excluding carboxylic acids is 2. The molecule has 0 fully saturated rings. The van der Waals surface area contributed by atoms with Crippen molar-refractivity contribution < 1.29 is 18.7 Å². The van der Waals surface area contributed by atoms with Gasteiger partial charge in [0.25, 0.3) is 5.91 Å². The standard InChI is InChI=1S/C24H20N2O5/c1-15-12-20(16(2)26(15)25-24(29)18-6-4-3-5-7-18)21(27)14-30-19-10-8-17-9-11-23(28)31-22(17)13-19/h3-13H,14H2,1-2H3,(H,25,29). The van der Waals surface area contributed by atoms with E-state index in [2.05, 4.69) is 5.43 Å². The first-order valence-electron chi connectivity index (χ1n) is 9.67. The molecule has 0 atom stereocenters. The van der Waals surface area contributed by atoms with E-state index in [1.807, 2.05) is 6.07 Å². The van der Waals surface area contributed by atoms with Gasteiger partial charge in [-0.2, -0.15) is 0 Å². The third-order valence-electron chi connectivity index (χ3n) is 4.95. The number of benzene rings is 2. The van der Waals surface area contributed by atoms with Crippen LogP contribution in [0.2, 0.25) is 0 Å². The number of ketones is 1. The Balaban J connectivity index is 1.48. The molecule has 7 heteroatoms. The number of hydrogen-bond donors (Lipinski definition) is 1. The number of Topliss-reactive ketones (excluding diaryl/α,β-unsaturated/α-hetero) is 1. The predicted octanol–water partition coefficient (Wildman–Crippen LogP) is 3.86. The fourth-order valence-corrected chi connectivity index (χ4v) is 3.33. The summed E-state index contributed by atoms with van der Waals surface area (Å²) in [4.78, 5) is 36.6. The minimum atomic E-state index is -0.453. The van der Waals surface area contributed by atoms with Crippen molar-refractivity contribution in [2.75, 3.05) is 12.0 Å². The minimum absolute atomic E-state index is 0.195. The van der Waals surface area contributed by atoms with Crippen molar-refractivity contribution in [3.05, 3.63) is 99.7 Å². The Morgan fingerprint density at radius 3 is 2.52 bits per heavy atom. The van der Waals surface area contributed by atoms with Crippen molar-refractivity contribution >= 4 is 22.7 Å². The fourth-order valence-electron chi connectivity index (χ4n) is 3.33. The van der Waals surface area contributed by atoms with E-state index in [1.54, 1.807) is 73.1 Å². The summed E-state index contributed by atoms with van der Waals surface area (Å²) in [5.74, 6) is -0.0837. The summed E-state index contributed by atoms with van der Waals surface area (Å²) in [6, 6.07) is 18.6. The molecule has 0 saturated carbocycles. The second kappa shape index (κ2) is 8.31. The van der Waals surface area contributed by atoms with Crippen molar-refractivity contribution in [2.24, 2.45) is 0 Å². The lowest BCUT2D eigenvalue weighted by Crippen LogP contribution is -2.25. The molecule has 0 aliphatic heterocycles. The molecule has 2 aromatic carbocycles. The highest BCUT2D eigenvalue weighted by Crippen LogP contribution is 2.20. The molecule has 1 N–H and O–H groups in total. The molecule has 1 amide bonds. The van der Waals surface area contributed by atoms with Gasteiger partial charge in [0, 0.05) is 40.0 Å². The van der Waals surface area contributed by atoms with Crippen LogP contribution in [0.5, 0.6) is 5.75 Å². The summed E-state index contributed by atoms with van der Waals surface area (Å²) in [5.41, 5.74) is 5.06. The minimum Gasteiger partial charge on any atom is -0.485 e. The number of aromatic nitrogens is 1. The van der Waals surface area contributed by atoms with Crippen LogP contribution in [0.25, 0.3) is 11.0 Å². The first-order valence-corrected chi connectivity index (χ1v) is 9.67. The summed E-state index contributed by atoms with van der Waals surface area (Å²) >= 11 is 0. The highest BCUT2D eigenvalue weighted by atomic mass is 16.5. The number of ether oxygens (including phenoxy) is 1. The van der Waals surface area contributed by atoms with Gasteiger partial charge in [-0.15, -0.1) is 0 Å². The summed E-state index contributed by atoms with van der Waals surface area (Å²) in [7, 11) is 0. The Morgan fingerprint density at radius 2 is 1.74 bits per heavy atom. The molecule has 0 saturated heterocycles. The van der Waals surface area contributed by atoms with E-state index in [0.717, 1.165) is 11.1 Å². The predicted molar refractivity (Wildman–Crippen MR) is 116 cm³/mol. The van der Waals surface area contributed by atoms with Crippen LogP contribution in [0.15, 0.2) is 75.9 Å². The third-order valence-corrected chi connectivity index (χ3v) is 4.95. The van der Waals surface area contributed by atoms with Crippen LogP contribution in [-0.4, -0.2) is 23.0 Å². The summed E-state index contributed by atoms with van der Waals surface area (Å²) in [5, 5.41) is 0.760. The Hall–Kier alpha value is -4.13. The molecular weight excluding hydrogens is 396 g/mol. The number of carbonyl (C=O) groups is 2. The Morgan fingerprint density at radius 1 is 1.00 bits per heavy atom. The van der Waals surface area contributed by atoms with Crippen molar-refractivity contribution in [3.63, 3.8) is 0 Å². The van der Waals surface area contributed by atoms with Crippen LogP contribution < -0.4 is 15.8 Å². The zero-order chi connectivity index (χ0) is 22.0. The van der Waals surface area contributed by atoms with Gasteiger partial charge in [-0.05, 0) is 50.2 Å². The van der Waals surface area contributed by atoms with Crippen LogP contribution in [-0.2, 0) is 0 Å². The number of nitrogens with zero attached hydrogens (tertiary/aromatic N) is 1. The fraction of sp³-hybridized carbons (Fsp3) is 0.125. The SMILES string of the molecule is Cc1cc(C(=O)COc2ccc3ccc(=O)oc3c2)c(C)n1NC(=O)c1ccccc1. The van der Waals surface area contributed by atoms with Crippen molar-refractivity contribution in [2.45, 2.75) is 13.8 Å². The maximum absolute atomic E-state index is 12.8. The van der Waals surface area contributed by atoms with Gasteiger partial charge in [0.2, 0.25) is 5.78 Å². The average molecular weight is 416 g/mol. The van der Waals surface area contributed by atoms with Gasteiger partial charge in [-0.3, -0.25) is 19.7 Å². The van der Waals surface area contributed by atoms with Crippen LogP contribution in [0.4, 0.5) is 0 Å². The lowest BCUT2D eigenvalue weighted by Gasteiger charge is -2.12. The van der Waals surface area contributed by atoms with Gasteiger partial charge < -0.3 is 9.15 Å². The van der Waals surface area contributed by atoms with E-state index in [9.17, 15) is 14.4 Å². The van der Waals surface area contributed by atoms with Crippen LogP contribution >= 0.6 is 0 Å². The van der Waals surface area contributed by atoms with Gasteiger partial charge in [-0.1, -0.05) is 18.2 Å². The van der Waals surface area contributed by atoms with Crippen molar-refractivity contribution in [1.29, 1.82) is 0 Å². The Bertz CT molecular complexity index is 1340. The van der Waals surface area contributed by atoms with E-state index in [0.29, 0.717) is 28.2 Å². The zero-order valence-electron chi connectivity index (χ0n) is 17.0. The second-order valence-electron chi connectivity index (χ2n) is 7.09. The molecule has 31 heavy (non-hydrogen) atoms. The molecule has 0 bridgehead atoms. The van der Waals surface area contributed by atoms with Crippen LogP contribution in [0.3, 0.4) is 0 Å². The summed E-state index contributed by atoms with van der Waals surface area (Å²) in [6.07, 6.45) is 0. The molecule has 2 heterocycles. The molecule has 7 nitrogen and oxygen atoms in total. The van der Waals surface area contributed by atoms with E-state index in [4.69, 9.17) is 9.15 Å². The van der Waals surface area contributed by atoms with E-state index >= 15 is 0 Å². The number of aryl methyl sites for hydroxylation is 1. The molecule has 0 aliphatic carbocycles. The van der Waals surface area contributed by atoms with Crippen molar-refractivity contribution in [1.82, 2.24) is 4.68 Å².